The Hall–Kier alpha value is 0.0969. The fraction of sp³-hybridized carbons (Fsp3) is 1.00. The van der Waals surface area contributed by atoms with Crippen LogP contribution in [0.2, 0.25) is 6.04 Å². The van der Waals surface area contributed by atoms with Crippen LogP contribution in [0.5, 0.6) is 0 Å². The van der Waals surface area contributed by atoms with Crippen molar-refractivity contribution in [1.82, 2.24) is 0 Å². The maximum atomic E-state index is 5.83. The van der Waals surface area contributed by atoms with E-state index in [1.807, 2.05) is 0 Å². The van der Waals surface area contributed by atoms with E-state index < -0.39 is 15.7 Å². The Balaban J connectivity index is 3.88. The zero-order valence-electron chi connectivity index (χ0n) is 10.7. The molecule has 0 aliphatic heterocycles. The molecule has 0 amide bonds. The zero-order chi connectivity index (χ0) is 11.6. The van der Waals surface area contributed by atoms with Crippen molar-refractivity contribution in [2.75, 3.05) is 14.2 Å². The highest BCUT2D eigenvalue weighted by Gasteiger charge is 2.29. The molecule has 0 unspecified atom stereocenters. The van der Waals surface area contributed by atoms with E-state index in [0.717, 1.165) is 19.3 Å². The summed E-state index contributed by atoms with van der Waals surface area (Å²) in [6.07, 6.45) is 5.52. The summed E-state index contributed by atoms with van der Waals surface area (Å²) in [5, 5.41) is 0. The van der Waals surface area contributed by atoms with Crippen molar-refractivity contribution in [1.29, 1.82) is 0 Å². The number of rotatable bonds is 10. The Labute approximate surface area is 96.4 Å². The highest BCUT2D eigenvalue weighted by atomic mass is 28.2. The third-order valence-corrected chi connectivity index (χ3v) is 3.96. The third-order valence-electron chi connectivity index (χ3n) is 2.53. The molecule has 0 fully saturated rings. The summed E-state index contributed by atoms with van der Waals surface area (Å²) in [6.45, 7) is 4.36. The quantitative estimate of drug-likeness (QED) is 0.330. The number of methoxy groups -OCH3 is 2. The lowest BCUT2D eigenvalue weighted by atomic mass is 10.2. The molecule has 4 heteroatoms. The largest absolute Gasteiger partial charge is 0.376 e. The summed E-state index contributed by atoms with van der Waals surface area (Å²) < 4.78 is 16.5. The molecular weight excluding hydrogens is 208 g/mol. The maximum absolute atomic E-state index is 5.83. The lowest BCUT2D eigenvalue weighted by molar-refractivity contribution is -0.327. The van der Waals surface area contributed by atoms with Gasteiger partial charge in [-0.2, -0.15) is 0 Å². The normalized spacial score (nSPS) is 12.8. The van der Waals surface area contributed by atoms with Crippen molar-refractivity contribution < 1.29 is 13.9 Å². The number of unbranched alkanes of at least 4 members (excludes halogenated alkanes) is 2. The molecule has 15 heavy (non-hydrogen) atoms. The lowest BCUT2D eigenvalue weighted by Gasteiger charge is -2.31. The summed E-state index contributed by atoms with van der Waals surface area (Å²) >= 11 is 0. The van der Waals surface area contributed by atoms with Crippen LogP contribution in [-0.2, 0) is 13.9 Å². The lowest BCUT2D eigenvalue weighted by Crippen LogP contribution is -2.38. The van der Waals surface area contributed by atoms with E-state index in [1.54, 1.807) is 14.2 Å². The molecule has 0 aliphatic rings. The second-order valence-corrected chi connectivity index (χ2v) is 5.15. The van der Waals surface area contributed by atoms with Gasteiger partial charge in [-0.25, -0.2) is 0 Å². The molecule has 3 nitrogen and oxygen atoms in total. The van der Waals surface area contributed by atoms with Gasteiger partial charge in [-0.15, -0.1) is 0 Å². The minimum absolute atomic E-state index is 0.504. The van der Waals surface area contributed by atoms with E-state index in [2.05, 4.69) is 13.8 Å². The predicted molar refractivity (Wildman–Crippen MR) is 65.6 cm³/mol. The summed E-state index contributed by atoms with van der Waals surface area (Å²) in [6, 6.07) is 1.21. The number of ether oxygens (including phenoxy) is 2. The van der Waals surface area contributed by atoms with Crippen LogP contribution in [0, 0.1) is 0 Å². The van der Waals surface area contributed by atoms with E-state index in [4.69, 9.17) is 13.9 Å². The van der Waals surface area contributed by atoms with Crippen LogP contribution in [0.25, 0.3) is 0 Å². The van der Waals surface area contributed by atoms with Gasteiger partial charge in [-0.3, -0.25) is 0 Å². The SMILES string of the molecule is CCCC[SiH2]OC(CCCC)(OC)OC. The Morgan fingerprint density at radius 1 is 1.00 bits per heavy atom. The van der Waals surface area contributed by atoms with Crippen LogP contribution >= 0.6 is 0 Å². The average molecular weight is 234 g/mol. The van der Waals surface area contributed by atoms with E-state index in [0.29, 0.717) is 0 Å². The molecule has 0 bridgehead atoms. The van der Waals surface area contributed by atoms with Crippen LogP contribution < -0.4 is 0 Å². The summed E-state index contributed by atoms with van der Waals surface area (Å²) in [5.41, 5.74) is 0. The first-order valence-electron chi connectivity index (χ1n) is 5.99. The van der Waals surface area contributed by atoms with Crippen molar-refractivity contribution in [2.24, 2.45) is 0 Å². The second kappa shape index (κ2) is 9.33. The Kier molecular flexibility index (Phi) is 9.39. The van der Waals surface area contributed by atoms with Gasteiger partial charge in [0.15, 0.2) is 9.76 Å². The van der Waals surface area contributed by atoms with Gasteiger partial charge in [0.25, 0.3) is 5.97 Å². The molecule has 0 rings (SSSR count). The Bertz CT molecular complexity index is 138. The highest BCUT2D eigenvalue weighted by molar-refractivity contribution is 6.27. The molecule has 92 valence electrons. The minimum Gasteiger partial charge on any atom is -0.376 e. The average Bonchev–Trinajstić information content (AvgIpc) is 2.29. The molecule has 0 spiro atoms. The van der Waals surface area contributed by atoms with E-state index in [-0.39, 0.29) is 0 Å². The van der Waals surface area contributed by atoms with Crippen LogP contribution in [0.1, 0.15) is 46.0 Å². The van der Waals surface area contributed by atoms with Crippen molar-refractivity contribution in [2.45, 2.75) is 58.0 Å². The minimum atomic E-state index is -0.754. The monoisotopic (exact) mass is 234 g/mol. The molecule has 0 saturated heterocycles. The van der Waals surface area contributed by atoms with Crippen molar-refractivity contribution in [3.63, 3.8) is 0 Å². The van der Waals surface area contributed by atoms with Gasteiger partial charge < -0.3 is 13.9 Å². The van der Waals surface area contributed by atoms with Gasteiger partial charge in [-0.05, 0) is 12.5 Å². The first-order chi connectivity index (χ1) is 7.24. The van der Waals surface area contributed by atoms with E-state index in [1.165, 1.54) is 18.9 Å². The third kappa shape index (κ3) is 6.30. The van der Waals surface area contributed by atoms with Gasteiger partial charge in [0.05, 0.1) is 0 Å². The molecule has 0 atom stereocenters. The van der Waals surface area contributed by atoms with Gasteiger partial charge in [0.1, 0.15) is 0 Å². The molecular formula is C11H26O3Si. The highest BCUT2D eigenvalue weighted by Crippen LogP contribution is 2.21. The molecule has 0 aliphatic carbocycles. The number of hydrogen-bond donors (Lipinski definition) is 0. The summed E-state index contributed by atoms with van der Waals surface area (Å²) in [4.78, 5) is 0. The van der Waals surface area contributed by atoms with Gasteiger partial charge >= 0.3 is 0 Å². The molecule has 0 N–H and O–H groups in total. The van der Waals surface area contributed by atoms with E-state index in [9.17, 15) is 0 Å². The van der Waals surface area contributed by atoms with Crippen LogP contribution in [0.15, 0.2) is 0 Å². The Morgan fingerprint density at radius 3 is 2.07 bits per heavy atom. The summed E-state index contributed by atoms with van der Waals surface area (Å²) in [5.74, 6) is -0.754. The van der Waals surface area contributed by atoms with Crippen LogP contribution in [0.3, 0.4) is 0 Å². The first-order valence-corrected chi connectivity index (χ1v) is 7.56. The molecule has 0 aromatic carbocycles. The topological polar surface area (TPSA) is 27.7 Å². The smallest absolute Gasteiger partial charge is 0.272 e. The second-order valence-electron chi connectivity index (χ2n) is 3.75. The molecule has 0 radical (unpaired) electrons. The van der Waals surface area contributed by atoms with Gasteiger partial charge in [0.2, 0.25) is 0 Å². The zero-order valence-corrected chi connectivity index (χ0v) is 12.1. The maximum Gasteiger partial charge on any atom is 0.272 e. The Morgan fingerprint density at radius 2 is 1.60 bits per heavy atom. The summed E-state index contributed by atoms with van der Waals surface area (Å²) in [7, 11) is 2.82. The fourth-order valence-corrected chi connectivity index (χ4v) is 2.99. The molecule has 0 aromatic heterocycles. The van der Waals surface area contributed by atoms with Crippen molar-refractivity contribution in [3.8, 4) is 0 Å². The fourth-order valence-electron chi connectivity index (χ4n) is 1.45. The van der Waals surface area contributed by atoms with Crippen LogP contribution in [-0.4, -0.2) is 30.0 Å². The van der Waals surface area contributed by atoms with Crippen molar-refractivity contribution >= 4 is 9.76 Å². The first kappa shape index (κ1) is 15.1. The van der Waals surface area contributed by atoms with Gasteiger partial charge in [-0.1, -0.05) is 33.1 Å². The number of hydrogen-bond acceptors (Lipinski definition) is 3. The van der Waals surface area contributed by atoms with Gasteiger partial charge in [0, 0.05) is 20.6 Å². The van der Waals surface area contributed by atoms with E-state index >= 15 is 0 Å². The predicted octanol–water partition coefficient (Wildman–Crippen LogP) is 2.44. The standard InChI is InChI=1S/C11H26O3Si/c1-5-7-9-11(12-3,13-4)14-15-10-8-6-2/h5-10,15H2,1-4H3. The molecule has 0 saturated carbocycles. The molecule has 0 heterocycles. The molecule has 0 aromatic rings. The van der Waals surface area contributed by atoms with Crippen LogP contribution in [0.4, 0.5) is 0 Å². The van der Waals surface area contributed by atoms with Crippen molar-refractivity contribution in [3.05, 3.63) is 0 Å².